The summed E-state index contributed by atoms with van der Waals surface area (Å²) in [6, 6.07) is 27.7. The average Bonchev–Trinajstić information content (AvgIpc) is 2.63. The van der Waals surface area contributed by atoms with Gasteiger partial charge in [0.05, 0.1) is 0 Å². The highest BCUT2D eigenvalue weighted by atomic mass is 16.5. The van der Waals surface area contributed by atoms with Gasteiger partial charge in [0.15, 0.2) is 0 Å². The molecule has 1 atom stereocenters. The molecular weight excluding hydrogens is 310 g/mol. The summed E-state index contributed by atoms with van der Waals surface area (Å²) in [5, 5.41) is 0. The minimum atomic E-state index is -0.287. The Kier molecular flexibility index (Phi) is 5.47. The zero-order valence-electron chi connectivity index (χ0n) is 14.0. The fourth-order valence-corrected chi connectivity index (χ4v) is 2.88. The number of para-hydroxylation sites is 1. The molecule has 0 radical (unpaired) electrons. The number of benzene rings is 3. The van der Waals surface area contributed by atoms with E-state index in [2.05, 4.69) is 12.1 Å². The van der Waals surface area contributed by atoms with Crippen molar-refractivity contribution in [2.75, 3.05) is 0 Å². The summed E-state index contributed by atoms with van der Waals surface area (Å²) in [6.45, 7) is 0. The standard InChI is InChI=1S/C22H21NO2/c23-22(24)16-19(15-17-7-3-1-4-8-17)18-11-13-21(14-12-18)25-20-9-5-2-6-10-20/h1-14,19H,15-16H2,(H2,23,24). The molecule has 0 fully saturated rings. The average molecular weight is 331 g/mol. The van der Waals surface area contributed by atoms with E-state index >= 15 is 0 Å². The SMILES string of the molecule is NC(=O)CC(Cc1ccccc1)c1ccc(Oc2ccccc2)cc1. The Hall–Kier alpha value is -3.07. The Labute approximate surface area is 148 Å². The number of nitrogens with two attached hydrogens (primary N) is 1. The van der Waals surface area contributed by atoms with Gasteiger partial charge in [0.1, 0.15) is 11.5 Å². The van der Waals surface area contributed by atoms with Gasteiger partial charge in [0.25, 0.3) is 0 Å². The Morgan fingerprint density at radius 2 is 1.36 bits per heavy atom. The van der Waals surface area contributed by atoms with Gasteiger partial charge in [0, 0.05) is 6.42 Å². The highest BCUT2D eigenvalue weighted by Crippen LogP contribution is 2.28. The van der Waals surface area contributed by atoms with E-state index in [-0.39, 0.29) is 11.8 Å². The number of hydrogen-bond acceptors (Lipinski definition) is 2. The van der Waals surface area contributed by atoms with Crippen molar-refractivity contribution in [3.8, 4) is 11.5 Å². The molecule has 0 heterocycles. The molecule has 3 nitrogen and oxygen atoms in total. The summed E-state index contributed by atoms with van der Waals surface area (Å²) in [5.74, 6) is 1.34. The Morgan fingerprint density at radius 3 is 1.96 bits per heavy atom. The lowest BCUT2D eigenvalue weighted by Gasteiger charge is -2.16. The lowest BCUT2D eigenvalue weighted by atomic mass is 9.89. The molecule has 3 rings (SSSR count). The maximum absolute atomic E-state index is 11.5. The van der Waals surface area contributed by atoms with Crippen LogP contribution in [0.4, 0.5) is 0 Å². The number of amides is 1. The monoisotopic (exact) mass is 331 g/mol. The van der Waals surface area contributed by atoms with Crippen LogP contribution in [0.15, 0.2) is 84.9 Å². The highest BCUT2D eigenvalue weighted by molar-refractivity contribution is 5.74. The third kappa shape index (κ3) is 4.95. The summed E-state index contributed by atoms with van der Waals surface area (Å²) in [7, 11) is 0. The van der Waals surface area contributed by atoms with Crippen molar-refractivity contribution >= 4 is 5.91 Å². The molecule has 2 N–H and O–H groups in total. The van der Waals surface area contributed by atoms with Gasteiger partial charge >= 0.3 is 0 Å². The van der Waals surface area contributed by atoms with Crippen LogP contribution in [0.25, 0.3) is 0 Å². The quantitative estimate of drug-likeness (QED) is 0.683. The third-order valence-electron chi connectivity index (χ3n) is 4.10. The minimum Gasteiger partial charge on any atom is -0.457 e. The summed E-state index contributed by atoms with van der Waals surface area (Å²) in [5.41, 5.74) is 7.73. The highest BCUT2D eigenvalue weighted by Gasteiger charge is 2.15. The van der Waals surface area contributed by atoms with Crippen LogP contribution in [-0.2, 0) is 11.2 Å². The fourth-order valence-electron chi connectivity index (χ4n) is 2.88. The molecule has 0 aliphatic heterocycles. The molecule has 3 aromatic carbocycles. The molecule has 0 saturated heterocycles. The first kappa shape index (κ1) is 16.8. The molecule has 0 spiro atoms. The van der Waals surface area contributed by atoms with E-state index in [9.17, 15) is 4.79 Å². The number of hydrogen-bond donors (Lipinski definition) is 1. The van der Waals surface area contributed by atoms with E-state index in [0.29, 0.717) is 6.42 Å². The van der Waals surface area contributed by atoms with E-state index < -0.39 is 0 Å². The smallest absolute Gasteiger partial charge is 0.218 e. The van der Waals surface area contributed by atoms with Crippen LogP contribution in [0.3, 0.4) is 0 Å². The summed E-state index contributed by atoms with van der Waals surface area (Å²) in [4.78, 5) is 11.5. The summed E-state index contributed by atoms with van der Waals surface area (Å²) in [6.07, 6.45) is 1.11. The molecule has 3 aromatic rings. The fraction of sp³-hybridized carbons (Fsp3) is 0.136. The second kappa shape index (κ2) is 8.15. The first-order chi connectivity index (χ1) is 12.2. The van der Waals surface area contributed by atoms with Gasteiger partial charge in [-0.05, 0) is 47.7 Å². The molecule has 1 unspecified atom stereocenters. The van der Waals surface area contributed by atoms with Gasteiger partial charge in [0.2, 0.25) is 5.91 Å². The normalized spacial score (nSPS) is 11.7. The molecule has 0 bridgehead atoms. The molecular formula is C22H21NO2. The predicted octanol–water partition coefficient (Wildman–Crippen LogP) is 4.68. The van der Waals surface area contributed by atoms with Crippen molar-refractivity contribution in [1.82, 2.24) is 0 Å². The largest absolute Gasteiger partial charge is 0.457 e. The minimum absolute atomic E-state index is 0.0608. The van der Waals surface area contributed by atoms with E-state index in [1.165, 1.54) is 5.56 Å². The molecule has 126 valence electrons. The van der Waals surface area contributed by atoms with E-state index in [1.807, 2.05) is 72.8 Å². The van der Waals surface area contributed by atoms with E-state index in [4.69, 9.17) is 10.5 Å². The van der Waals surface area contributed by atoms with Crippen molar-refractivity contribution in [3.63, 3.8) is 0 Å². The molecule has 25 heavy (non-hydrogen) atoms. The number of carbonyl (C=O) groups is 1. The first-order valence-electron chi connectivity index (χ1n) is 8.36. The topological polar surface area (TPSA) is 52.3 Å². The van der Waals surface area contributed by atoms with Crippen LogP contribution in [0.1, 0.15) is 23.5 Å². The number of rotatable bonds is 7. The second-order valence-corrected chi connectivity index (χ2v) is 6.04. The maximum Gasteiger partial charge on any atom is 0.218 e. The van der Waals surface area contributed by atoms with E-state index in [0.717, 1.165) is 23.5 Å². The van der Waals surface area contributed by atoms with Gasteiger partial charge in [-0.2, -0.15) is 0 Å². The number of ether oxygens (including phenoxy) is 1. The molecule has 0 aromatic heterocycles. The lowest BCUT2D eigenvalue weighted by molar-refractivity contribution is -0.118. The maximum atomic E-state index is 11.5. The van der Waals surface area contributed by atoms with Crippen molar-refractivity contribution in [1.29, 1.82) is 0 Å². The van der Waals surface area contributed by atoms with Crippen LogP contribution < -0.4 is 10.5 Å². The zero-order chi connectivity index (χ0) is 17.5. The lowest BCUT2D eigenvalue weighted by Crippen LogP contribution is -2.16. The third-order valence-corrected chi connectivity index (χ3v) is 4.10. The van der Waals surface area contributed by atoms with Crippen LogP contribution in [0, 0.1) is 0 Å². The van der Waals surface area contributed by atoms with Crippen molar-refractivity contribution in [2.45, 2.75) is 18.8 Å². The molecule has 3 heteroatoms. The van der Waals surface area contributed by atoms with Gasteiger partial charge in [-0.1, -0.05) is 60.7 Å². The van der Waals surface area contributed by atoms with Crippen LogP contribution in [-0.4, -0.2) is 5.91 Å². The van der Waals surface area contributed by atoms with Crippen molar-refractivity contribution in [2.24, 2.45) is 5.73 Å². The Morgan fingerprint density at radius 1 is 0.800 bits per heavy atom. The van der Waals surface area contributed by atoms with Gasteiger partial charge < -0.3 is 10.5 Å². The van der Waals surface area contributed by atoms with Crippen LogP contribution in [0.5, 0.6) is 11.5 Å². The number of primary amides is 1. The molecule has 0 saturated carbocycles. The van der Waals surface area contributed by atoms with Gasteiger partial charge in [-0.3, -0.25) is 4.79 Å². The Bertz CT molecular complexity index is 798. The van der Waals surface area contributed by atoms with Crippen LogP contribution >= 0.6 is 0 Å². The molecule has 1 amide bonds. The van der Waals surface area contributed by atoms with Gasteiger partial charge in [-0.25, -0.2) is 0 Å². The number of carbonyl (C=O) groups excluding carboxylic acids is 1. The summed E-state index contributed by atoms with van der Waals surface area (Å²) >= 11 is 0. The molecule has 0 aliphatic carbocycles. The second-order valence-electron chi connectivity index (χ2n) is 6.04. The summed E-state index contributed by atoms with van der Waals surface area (Å²) < 4.78 is 5.82. The van der Waals surface area contributed by atoms with Crippen LogP contribution in [0.2, 0.25) is 0 Å². The predicted molar refractivity (Wildman–Crippen MR) is 99.7 cm³/mol. The first-order valence-corrected chi connectivity index (χ1v) is 8.36. The van der Waals surface area contributed by atoms with Crippen molar-refractivity contribution < 1.29 is 9.53 Å². The Balaban J connectivity index is 1.75. The van der Waals surface area contributed by atoms with Gasteiger partial charge in [-0.15, -0.1) is 0 Å². The zero-order valence-corrected chi connectivity index (χ0v) is 14.0. The van der Waals surface area contributed by atoms with Crippen molar-refractivity contribution in [3.05, 3.63) is 96.1 Å². The van der Waals surface area contributed by atoms with E-state index in [1.54, 1.807) is 0 Å². The molecule has 0 aliphatic rings.